The van der Waals surface area contributed by atoms with Crippen LogP contribution in [0.4, 0.5) is 0 Å². The first-order chi connectivity index (χ1) is 8.68. The van der Waals surface area contributed by atoms with Gasteiger partial charge in [-0.15, -0.1) is 0 Å². The molecule has 0 unspecified atom stereocenters. The molecule has 1 aliphatic rings. The average molecular weight is 243 g/mol. The summed E-state index contributed by atoms with van der Waals surface area (Å²) in [6.45, 7) is 0. The molecule has 2 aromatic rings. The van der Waals surface area contributed by atoms with Gasteiger partial charge in [0.05, 0.1) is 12.0 Å². The van der Waals surface area contributed by atoms with Gasteiger partial charge < -0.3 is 13.7 Å². The second kappa shape index (κ2) is 3.73. The molecular weight excluding hydrogens is 234 g/mol. The fourth-order valence-electron chi connectivity index (χ4n) is 1.99. The first-order valence-corrected chi connectivity index (χ1v) is 5.35. The Morgan fingerprint density at radius 1 is 1.06 bits per heavy atom. The zero-order valence-corrected chi connectivity index (χ0v) is 9.54. The van der Waals surface area contributed by atoms with Crippen molar-refractivity contribution >= 4 is 23.1 Å². The van der Waals surface area contributed by atoms with Crippen molar-refractivity contribution in [2.45, 2.75) is 0 Å². The molecule has 3 rings (SSSR count). The van der Waals surface area contributed by atoms with E-state index in [1.807, 2.05) is 0 Å². The topological polar surface area (TPSA) is 61.4 Å². The highest BCUT2D eigenvalue weighted by Gasteiger charge is 2.37. The Morgan fingerprint density at radius 3 is 2.44 bits per heavy atom. The predicted molar refractivity (Wildman–Crippen MR) is 62.0 cm³/mol. The Morgan fingerprint density at radius 2 is 1.83 bits per heavy atom. The molecule has 0 atom stereocenters. The number of aromatic nitrogens is 1. The van der Waals surface area contributed by atoms with Gasteiger partial charge in [0.25, 0.3) is 0 Å². The predicted octanol–water partition coefficient (Wildman–Crippen LogP) is 1.61. The maximum absolute atomic E-state index is 11.8. The third-order valence-corrected chi connectivity index (χ3v) is 2.81. The fraction of sp³-hybridized carbons (Fsp3) is 0.0769. The quantitative estimate of drug-likeness (QED) is 0.594. The molecule has 5 nitrogen and oxygen atoms in total. The van der Waals surface area contributed by atoms with Crippen molar-refractivity contribution in [3.8, 4) is 0 Å². The first kappa shape index (κ1) is 10.6. The van der Waals surface area contributed by atoms with Gasteiger partial charge in [-0.25, -0.2) is 9.59 Å². The summed E-state index contributed by atoms with van der Waals surface area (Å²) in [5, 5.41) is 0. The number of ether oxygens (including phenoxy) is 1. The van der Waals surface area contributed by atoms with Crippen LogP contribution in [0.5, 0.6) is 0 Å². The van der Waals surface area contributed by atoms with Crippen LogP contribution < -0.4 is 0 Å². The number of furan rings is 1. The van der Waals surface area contributed by atoms with Gasteiger partial charge in [-0.1, -0.05) is 0 Å². The van der Waals surface area contributed by atoms with Crippen LogP contribution in [0.1, 0.15) is 11.5 Å². The second-order valence-electron chi connectivity index (χ2n) is 3.91. The van der Waals surface area contributed by atoms with E-state index in [2.05, 4.69) is 4.74 Å². The smallest absolute Gasteiger partial charge is 0.350 e. The molecule has 0 amide bonds. The van der Waals surface area contributed by atoms with E-state index in [4.69, 9.17) is 4.42 Å². The third kappa shape index (κ3) is 1.41. The molecule has 0 saturated carbocycles. The molecule has 18 heavy (non-hydrogen) atoms. The highest BCUT2D eigenvalue weighted by Crippen LogP contribution is 2.33. The Kier molecular flexibility index (Phi) is 2.19. The summed E-state index contributed by atoms with van der Waals surface area (Å²) < 4.78 is 11.6. The lowest BCUT2D eigenvalue weighted by molar-refractivity contribution is -0.149. The average Bonchev–Trinajstić information content (AvgIpc) is 2.99. The van der Waals surface area contributed by atoms with Crippen LogP contribution in [0.2, 0.25) is 0 Å². The molecule has 0 radical (unpaired) electrons. The molecule has 0 fully saturated rings. The number of hydrogen-bond donors (Lipinski definition) is 0. The lowest BCUT2D eigenvalue weighted by Gasteiger charge is -2.02. The standard InChI is InChI=1S/C13H9NO4/c1-14-6-2-4-8(14)10-11(9-5-3-7-17-9)13(16)18-12(10)15/h2-7H,1H3. The lowest BCUT2D eigenvalue weighted by atomic mass is 10.1. The minimum Gasteiger partial charge on any atom is -0.464 e. The maximum atomic E-state index is 11.8. The van der Waals surface area contributed by atoms with E-state index in [0.717, 1.165) is 0 Å². The molecule has 3 heterocycles. The number of esters is 2. The number of nitrogens with zero attached hydrogens (tertiary/aromatic N) is 1. The molecule has 1 aliphatic heterocycles. The van der Waals surface area contributed by atoms with Crippen molar-refractivity contribution in [1.29, 1.82) is 0 Å². The van der Waals surface area contributed by atoms with E-state index >= 15 is 0 Å². The van der Waals surface area contributed by atoms with Crippen molar-refractivity contribution in [1.82, 2.24) is 4.57 Å². The summed E-state index contributed by atoms with van der Waals surface area (Å²) in [7, 11) is 1.79. The van der Waals surface area contributed by atoms with Crippen LogP contribution in [-0.4, -0.2) is 16.5 Å². The van der Waals surface area contributed by atoms with Crippen LogP contribution in [0.25, 0.3) is 11.1 Å². The number of hydrogen-bond acceptors (Lipinski definition) is 4. The second-order valence-corrected chi connectivity index (χ2v) is 3.91. The van der Waals surface area contributed by atoms with Gasteiger partial charge in [0, 0.05) is 13.2 Å². The highest BCUT2D eigenvalue weighted by molar-refractivity contribution is 6.44. The van der Waals surface area contributed by atoms with E-state index in [0.29, 0.717) is 11.5 Å². The van der Waals surface area contributed by atoms with Gasteiger partial charge >= 0.3 is 11.9 Å². The van der Waals surface area contributed by atoms with Crippen molar-refractivity contribution in [2.75, 3.05) is 0 Å². The van der Waals surface area contributed by atoms with E-state index < -0.39 is 11.9 Å². The number of cyclic esters (lactones) is 2. The molecule has 0 bridgehead atoms. The SMILES string of the molecule is Cn1cccc1C1=C(c2ccco2)C(=O)OC1=O. The van der Waals surface area contributed by atoms with Crippen LogP contribution in [0, 0.1) is 0 Å². The molecule has 0 aliphatic carbocycles. The summed E-state index contributed by atoms with van der Waals surface area (Å²) in [4.78, 5) is 23.5. The molecule has 5 heteroatoms. The van der Waals surface area contributed by atoms with Gasteiger partial charge in [0.2, 0.25) is 0 Å². The third-order valence-electron chi connectivity index (χ3n) is 2.81. The number of carbonyl (C=O) groups excluding carboxylic acids is 2. The van der Waals surface area contributed by atoms with Gasteiger partial charge in [-0.2, -0.15) is 0 Å². The van der Waals surface area contributed by atoms with Crippen molar-refractivity contribution in [3.63, 3.8) is 0 Å². The van der Waals surface area contributed by atoms with Gasteiger partial charge in [0.1, 0.15) is 16.9 Å². The molecular formula is C13H9NO4. The fourth-order valence-corrected chi connectivity index (χ4v) is 1.99. The summed E-state index contributed by atoms with van der Waals surface area (Å²) in [5.41, 5.74) is 1.03. The molecule has 90 valence electrons. The van der Waals surface area contributed by atoms with Crippen LogP contribution in [-0.2, 0) is 21.4 Å². The summed E-state index contributed by atoms with van der Waals surface area (Å²) >= 11 is 0. The number of aryl methyl sites for hydroxylation is 1. The zero-order chi connectivity index (χ0) is 12.7. The normalized spacial score (nSPS) is 15.4. The monoisotopic (exact) mass is 243 g/mol. The number of carbonyl (C=O) groups is 2. The lowest BCUT2D eigenvalue weighted by Crippen LogP contribution is -2.03. The van der Waals surface area contributed by atoms with Crippen LogP contribution in [0.3, 0.4) is 0 Å². The maximum Gasteiger partial charge on any atom is 0.350 e. The van der Waals surface area contributed by atoms with E-state index in [1.165, 1.54) is 6.26 Å². The molecule has 2 aromatic heterocycles. The summed E-state index contributed by atoms with van der Waals surface area (Å²) in [6.07, 6.45) is 3.24. The van der Waals surface area contributed by atoms with E-state index in [9.17, 15) is 9.59 Å². The largest absolute Gasteiger partial charge is 0.464 e. The van der Waals surface area contributed by atoms with Gasteiger partial charge in [-0.05, 0) is 24.3 Å². The van der Waals surface area contributed by atoms with Gasteiger partial charge in [-0.3, -0.25) is 0 Å². The van der Waals surface area contributed by atoms with Crippen molar-refractivity contribution < 1.29 is 18.7 Å². The molecule has 0 spiro atoms. The first-order valence-electron chi connectivity index (χ1n) is 5.35. The number of rotatable bonds is 2. The van der Waals surface area contributed by atoms with E-state index in [1.54, 1.807) is 42.1 Å². The summed E-state index contributed by atoms with van der Waals surface area (Å²) in [6, 6.07) is 6.81. The molecule has 0 saturated heterocycles. The van der Waals surface area contributed by atoms with Crippen LogP contribution in [0.15, 0.2) is 41.1 Å². The Bertz CT molecular complexity index is 661. The Hall–Kier alpha value is -2.56. The summed E-state index contributed by atoms with van der Waals surface area (Å²) in [5.74, 6) is -0.985. The van der Waals surface area contributed by atoms with Gasteiger partial charge in [0.15, 0.2) is 0 Å². The van der Waals surface area contributed by atoms with Crippen molar-refractivity contribution in [2.24, 2.45) is 7.05 Å². The Balaban J connectivity index is 2.27. The highest BCUT2D eigenvalue weighted by atomic mass is 16.6. The molecule has 0 aromatic carbocycles. The Labute approximate surface area is 102 Å². The van der Waals surface area contributed by atoms with Crippen molar-refractivity contribution in [3.05, 3.63) is 48.2 Å². The minimum absolute atomic E-state index is 0.173. The molecule has 0 N–H and O–H groups in total. The minimum atomic E-state index is -0.675. The zero-order valence-electron chi connectivity index (χ0n) is 9.54. The van der Waals surface area contributed by atoms with Crippen LogP contribution >= 0.6 is 0 Å². The van der Waals surface area contributed by atoms with E-state index in [-0.39, 0.29) is 11.1 Å².